The van der Waals surface area contributed by atoms with E-state index in [0.29, 0.717) is 22.2 Å². The van der Waals surface area contributed by atoms with Gasteiger partial charge in [0.25, 0.3) is 5.56 Å². The Morgan fingerprint density at radius 3 is 2.91 bits per heavy atom. The number of anilines is 1. The van der Waals surface area contributed by atoms with Gasteiger partial charge < -0.3 is 5.32 Å². The summed E-state index contributed by atoms with van der Waals surface area (Å²) in [5, 5.41) is 4.74. The Morgan fingerprint density at radius 2 is 2.13 bits per heavy atom. The minimum atomic E-state index is -0.0712. The first-order valence-electron chi connectivity index (χ1n) is 7.03. The van der Waals surface area contributed by atoms with Crippen molar-refractivity contribution in [3.05, 3.63) is 63.5 Å². The van der Waals surface area contributed by atoms with Gasteiger partial charge in [0.2, 0.25) is 5.91 Å². The van der Waals surface area contributed by atoms with Crippen LogP contribution in [0.25, 0.3) is 4.96 Å². The van der Waals surface area contributed by atoms with Gasteiger partial charge in [-0.3, -0.25) is 14.0 Å². The number of aromatic nitrogens is 2. The third-order valence-electron chi connectivity index (χ3n) is 3.17. The number of nitrogens with zero attached hydrogens (tertiary/aromatic N) is 2. The number of thiazole rings is 1. The van der Waals surface area contributed by atoms with Crippen molar-refractivity contribution >= 4 is 39.7 Å². The number of amides is 1. The topological polar surface area (TPSA) is 63.5 Å². The smallest absolute Gasteiger partial charge is 0.258 e. The molecule has 0 saturated carbocycles. The third kappa shape index (κ3) is 3.80. The molecule has 2 heterocycles. The zero-order chi connectivity index (χ0) is 16.2. The summed E-state index contributed by atoms with van der Waals surface area (Å²) >= 11 is 2.89. The minimum Gasteiger partial charge on any atom is -0.325 e. The summed E-state index contributed by atoms with van der Waals surface area (Å²) in [6.07, 6.45) is 0. The molecular formula is C16H15N3O2S2. The number of carbonyl (C=O) groups excluding carboxylic acids is 1. The molecule has 3 rings (SSSR count). The molecule has 5 nitrogen and oxygen atoms in total. The second-order valence-electron chi connectivity index (χ2n) is 4.99. The predicted molar refractivity (Wildman–Crippen MR) is 95.3 cm³/mol. The number of nitrogens with one attached hydrogen (secondary N) is 1. The Labute approximate surface area is 141 Å². The summed E-state index contributed by atoms with van der Waals surface area (Å²) < 4.78 is 1.60. The number of rotatable bonds is 5. The fourth-order valence-electron chi connectivity index (χ4n) is 2.14. The number of aryl methyl sites for hydroxylation is 1. The Hall–Kier alpha value is -2.12. The fraction of sp³-hybridized carbons (Fsp3) is 0.188. The molecule has 1 N–H and O–H groups in total. The average molecular weight is 345 g/mol. The largest absolute Gasteiger partial charge is 0.325 e. The molecule has 0 saturated heterocycles. The highest BCUT2D eigenvalue weighted by atomic mass is 32.2. The second-order valence-corrected chi connectivity index (χ2v) is 6.81. The van der Waals surface area contributed by atoms with Crippen LogP contribution in [0.4, 0.5) is 5.69 Å². The molecule has 118 valence electrons. The van der Waals surface area contributed by atoms with E-state index in [-0.39, 0.29) is 11.5 Å². The zero-order valence-electron chi connectivity index (χ0n) is 12.5. The van der Waals surface area contributed by atoms with Gasteiger partial charge in [-0.15, -0.1) is 23.1 Å². The van der Waals surface area contributed by atoms with Crippen LogP contribution in [-0.4, -0.2) is 21.0 Å². The SMILES string of the molecule is Cc1csc2nc(CSCC(=O)Nc3ccccc3)cc(=O)n12. The number of benzene rings is 1. The second kappa shape index (κ2) is 6.97. The first kappa shape index (κ1) is 15.8. The molecule has 0 bridgehead atoms. The lowest BCUT2D eigenvalue weighted by molar-refractivity contribution is -0.113. The number of hydrogen-bond donors (Lipinski definition) is 1. The lowest BCUT2D eigenvalue weighted by Crippen LogP contribution is -2.16. The minimum absolute atomic E-state index is 0.0639. The van der Waals surface area contributed by atoms with Gasteiger partial charge in [0, 0.05) is 28.6 Å². The molecule has 0 spiro atoms. The van der Waals surface area contributed by atoms with Gasteiger partial charge in [0.1, 0.15) is 0 Å². The van der Waals surface area contributed by atoms with Crippen molar-refractivity contribution in [2.24, 2.45) is 0 Å². The van der Waals surface area contributed by atoms with E-state index in [2.05, 4.69) is 10.3 Å². The van der Waals surface area contributed by atoms with Crippen LogP contribution >= 0.6 is 23.1 Å². The Bertz CT molecular complexity index is 887. The van der Waals surface area contributed by atoms with Gasteiger partial charge in [-0.25, -0.2) is 4.98 Å². The van der Waals surface area contributed by atoms with Gasteiger partial charge in [0.05, 0.1) is 11.4 Å². The monoisotopic (exact) mass is 345 g/mol. The molecule has 0 aliphatic carbocycles. The van der Waals surface area contributed by atoms with Crippen molar-refractivity contribution in [2.45, 2.75) is 12.7 Å². The lowest BCUT2D eigenvalue weighted by atomic mass is 10.3. The highest BCUT2D eigenvalue weighted by Crippen LogP contribution is 2.15. The fourth-order valence-corrected chi connectivity index (χ4v) is 3.75. The highest BCUT2D eigenvalue weighted by Gasteiger charge is 2.08. The number of thioether (sulfide) groups is 1. The van der Waals surface area contributed by atoms with Crippen LogP contribution in [0.2, 0.25) is 0 Å². The van der Waals surface area contributed by atoms with Crippen molar-refractivity contribution in [1.29, 1.82) is 0 Å². The summed E-state index contributed by atoms with van der Waals surface area (Å²) in [5.41, 5.74) is 2.31. The molecule has 0 fully saturated rings. The quantitative estimate of drug-likeness (QED) is 0.772. The van der Waals surface area contributed by atoms with Crippen LogP contribution in [0.15, 0.2) is 46.6 Å². The summed E-state index contributed by atoms with van der Waals surface area (Å²) in [4.78, 5) is 29.1. The van der Waals surface area contributed by atoms with E-state index >= 15 is 0 Å². The molecule has 0 atom stereocenters. The van der Waals surface area contributed by atoms with Gasteiger partial charge in [-0.2, -0.15) is 0 Å². The normalized spacial score (nSPS) is 10.8. The maximum atomic E-state index is 12.1. The summed E-state index contributed by atoms with van der Waals surface area (Å²) in [7, 11) is 0. The molecular weight excluding hydrogens is 330 g/mol. The first-order chi connectivity index (χ1) is 11.1. The van der Waals surface area contributed by atoms with Crippen LogP contribution in [-0.2, 0) is 10.5 Å². The van der Waals surface area contributed by atoms with Crippen LogP contribution < -0.4 is 10.9 Å². The molecule has 0 aliphatic rings. The van der Waals surface area contributed by atoms with E-state index in [4.69, 9.17) is 0 Å². The van der Waals surface area contributed by atoms with Crippen LogP contribution in [0.1, 0.15) is 11.4 Å². The number of hydrogen-bond acceptors (Lipinski definition) is 5. The van der Waals surface area contributed by atoms with E-state index in [9.17, 15) is 9.59 Å². The van der Waals surface area contributed by atoms with E-state index in [1.807, 2.05) is 42.6 Å². The van der Waals surface area contributed by atoms with Crippen molar-refractivity contribution in [3.63, 3.8) is 0 Å². The number of fused-ring (bicyclic) bond motifs is 1. The van der Waals surface area contributed by atoms with Gasteiger partial charge in [0.15, 0.2) is 4.96 Å². The molecule has 0 radical (unpaired) electrons. The van der Waals surface area contributed by atoms with E-state index in [1.165, 1.54) is 29.2 Å². The van der Waals surface area contributed by atoms with E-state index in [0.717, 1.165) is 11.4 Å². The van der Waals surface area contributed by atoms with Gasteiger partial charge in [-0.1, -0.05) is 18.2 Å². The molecule has 1 aromatic carbocycles. The Balaban J connectivity index is 1.58. The van der Waals surface area contributed by atoms with Crippen LogP contribution in [0.3, 0.4) is 0 Å². The summed E-state index contributed by atoms with van der Waals surface area (Å²) in [5.74, 6) is 0.788. The van der Waals surface area contributed by atoms with Crippen molar-refractivity contribution in [3.8, 4) is 0 Å². The molecule has 7 heteroatoms. The predicted octanol–water partition coefficient (Wildman–Crippen LogP) is 2.94. The maximum absolute atomic E-state index is 12.1. The average Bonchev–Trinajstić information content (AvgIpc) is 2.90. The van der Waals surface area contributed by atoms with E-state index in [1.54, 1.807) is 4.40 Å². The highest BCUT2D eigenvalue weighted by molar-refractivity contribution is 7.99. The van der Waals surface area contributed by atoms with Gasteiger partial charge in [-0.05, 0) is 19.1 Å². The molecule has 2 aromatic heterocycles. The zero-order valence-corrected chi connectivity index (χ0v) is 14.1. The Morgan fingerprint density at radius 1 is 1.35 bits per heavy atom. The van der Waals surface area contributed by atoms with Crippen LogP contribution in [0.5, 0.6) is 0 Å². The van der Waals surface area contributed by atoms with Crippen molar-refractivity contribution in [1.82, 2.24) is 9.38 Å². The third-order valence-corrected chi connectivity index (χ3v) is 5.08. The number of carbonyl (C=O) groups is 1. The van der Waals surface area contributed by atoms with Crippen LogP contribution in [0, 0.1) is 6.92 Å². The first-order valence-corrected chi connectivity index (χ1v) is 9.06. The Kier molecular flexibility index (Phi) is 4.78. The molecule has 0 unspecified atom stereocenters. The van der Waals surface area contributed by atoms with Crippen molar-refractivity contribution in [2.75, 3.05) is 11.1 Å². The molecule has 3 aromatic rings. The van der Waals surface area contributed by atoms with Crippen molar-refractivity contribution < 1.29 is 4.79 Å². The molecule has 23 heavy (non-hydrogen) atoms. The maximum Gasteiger partial charge on any atom is 0.258 e. The molecule has 0 aliphatic heterocycles. The standard InChI is InChI=1S/C16H15N3O2S2/c1-11-8-23-16-18-13(7-15(21)19(11)16)9-22-10-14(20)17-12-5-3-2-4-6-12/h2-8H,9-10H2,1H3,(H,17,20). The van der Waals surface area contributed by atoms with E-state index < -0.39 is 0 Å². The number of para-hydroxylation sites is 1. The summed E-state index contributed by atoms with van der Waals surface area (Å²) in [6, 6.07) is 10.9. The van der Waals surface area contributed by atoms with Gasteiger partial charge >= 0.3 is 0 Å². The lowest BCUT2D eigenvalue weighted by Gasteiger charge is -2.05. The molecule has 1 amide bonds. The summed E-state index contributed by atoms with van der Waals surface area (Å²) in [6.45, 7) is 1.88.